The van der Waals surface area contributed by atoms with Crippen LogP contribution in [0.2, 0.25) is 18.1 Å². The molecule has 4 aromatic carbocycles. The minimum Gasteiger partial charge on any atom is -0.541 e. The van der Waals surface area contributed by atoms with Crippen LogP contribution in [0.3, 0.4) is 0 Å². The van der Waals surface area contributed by atoms with E-state index in [1.54, 1.807) is 21.3 Å². The standard InChI is InChI=1S/C30H36O5Si/c1-7-36(8-2,9-3)35-29-25(31-4)18-16-22-15-17-23-24(27(22)29)19-26(30(33-6)28(23)32-5)34-20-21-13-11-10-12-14-21/h10-19H,7-9,20H2,1-6H3. The number of hydrogen-bond acceptors (Lipinski definition) is 5. The quantitative estimate of drug-likeness (QED) is 0.153. The van der Waals surface area contributed by atoms with Crippen molar-refractivity contribution in [3.63, 3.8) is 0 Å². The van der Waals surface area contributed by atoms with Gasteiger partial charge >= 0.3 is 0 Å². The summed E-state index contributed by atoms with van der Waals surface area (Å²) in [5.74, 6) is 3.38. The van der Waals surface area contributed by atoms with Crippen LogP contribution >= 0.6 is 0 Å². The van der Waals surface area contributed by atoms with Crippen LogP contribution in [0.25, 0.3) is 21.5 Å². The zero-order chi connectivity index (χ0) is 25.7. The Balaban J connectivity index is 1.99. The maximum absolute atomic E-state index is 6.99. The smallest absolute Gasteiger partial charge is 0.250 e. The Labute approximate surface area is 215 Å². The summed E-state index contributed by atoms with van der Waals surface area (Å²) in [5, 5.41) is 3.99. The maximum Gasteiger partial charge on any atom is 0.250 e. The van der Waals surface area contributed by atoms with E-state index in [0.717, 1.165) is 56.7 Å². The van der Waals surface area contributed by atoms with Gasteiger partial charge in [-0.05, 0) is 47.3 Å². The SMILES string of the molecule is CC[Si](CC)(CC)Oc1c(OC)ccc2ccc3c(OC)c(OC)c(OCc4ccccc4)cc3c12. The number of ether oxygens (including phenoxy) is 4. The number of hydrogen-bond donors (Lipinski definition) is 0. The Morgan fingerprint density at radius 3 is 1.92 bits per heavy atom. The van der Waals surface area contributed by atoms with Gasteiger partial charge in [0.15, 0.2) is 23.0 Å². The Morgan fingerprint density at radius 2 is 1.31 bits per heavy atom. The van der Waals surface area contributed by atoms with Crippen molar-refractivity contribution in [2.24, 2.45) is 0 Å². The topological polar surface area (TPSA) is 46.2 Å². The van der Waals surface area contributed by atoms with E-state index in [1.807, 2.05) is 42.5 Å². The summed E-state index contributed by atoms with van der Waals surface area (Å²) in [4.78, 5) is 0. The van der Waals surface area contributed by atoms with Gasteiger partial charge in [0, 0.05) is 16.2 Å². The third-order valence-electron chi connectivity index (χ3n) is 7.21. The highest BCUT2D eigenvalue weighted by atomic mass is 28.4. The van der Waals surface area contributed by atoms with Gasteiger partial charge in [-0.25, -0.2) is 0 Å². The van der Waals surface area contributed by atoms with Crippen LogP contribution in [0, 0.1) is 0 Å². The van der Waals surface area contributed by atoms with E-state index in [4.69, 9.17) is 23.4 Å². The van der Waals surface area contributed by atoms with Crippen LogP contribution < -0.4 is 23.4 Å². The summed E-state index contributed by atoms with van der Waals surface area (Å²) in [6.07, 6.45) is 0. The summed E-state index contributed by atoms with van der Waals surface area (Å²) < 4.78 is 30.8. The molecule has 0 aromatic heterocycles. The van der Waals surface area contributed by atoms with Crippen molar-refractivity contribution in [1.82, 2.24) is 0 Å². The fourth-order valence-electron chi connectivity index (χ4n) is 4.86. The van der Waals surface area contributed by atoms with Crippen LogP contribution in [0.4, 0.5) is 0 Å². The Morgan fingerprint density at radius 1 is 0.639 bits per heavy atom. The Kier molecular flexibility index (Phi) is 7.94. The molecule has 0 fully saturated rings. The average Bonchev–Trinajstić information content (AvgIpc) is 2.94. The highest BCUT2D eigenvalue weighted by Crippen LogP contribution is 2.49. The number of rotatable bonds is 11. The molecule has 0 aliphatic carbocycles. The second-order valence-electron chi connectivity index (χ2n) is 8.92. The van der Waals surface area contributed by atoms with Crippen molar-refractivity contribution in [2.75, 3.05) is 21.3 Å². The molecule has 0 spiro atoms. The van der Waals surface area contributed by atoms with Gasteiger partial charge in [0.2, 0.25) is 5.75 Å². The molecule has 0 N–H and O–H groups in total. The first kappa shape index (κ1) is 25.7. The lowest BCUT2D eigenvalue weighted by Crippen LogP contribution is -2.39. The second-order valence-corrected chi connectivity index (χ2v) is 13.6. The number of fused-ring (bicyclic) bond motifs is 3. The second kappa shape index (κ2) is 11.1. The fraction of sp³-hybridized carbons (Fsp3) is 0.333. The molecule has 5 nitrogen and oxygen atoms in total. The number of methoxy groups -OCH3 is 3. The third-order valence-corrected chi connectivity index (χ3v) is 11.7. The third kappa shape index (κ3) is 4.70. The monoisotopic (exact) mass is 504 g/mol. The van der Waals surface area contributed by atoms with Crippen LogP contribution in [-0.2, 0) is 6.61 Å². The van der Waals surface area contributed by atoms with Crippen molar-refractivity contribution in [3.8, 4) is 28.7 Å². The van der Waals surface area contributed by atoms with E-state index < -0.39 is 8.32 Å². The largest absolute Gasteiger partial charge is 0.541 e. The minimum atomic E-state index is -1.99. The summed E-state index contributed by atoms with van der Waals surface area (Å²) in [5.41, 5.74) is 1.08. The molecule has 36 heavy (non-hydrogen) atoms. The molecule has 0 amide bonds. The van der Waals surface area contributed by atoms with Gasteiger partial charge < -0.3 is 23.4 Å². The van der Waals surface area contributed by atoms with E-state index in [1.165, 1.54) is 0 Å². The lowest BCUT2D eigenvalue weighted by Gasteiger charge is -2.31. The van der Waals surface area contributed by atoms with Crippen LogP contribution in [0.15, 0.2) is 60.7 Å². The molecular formula is C30H36O5Si. The highest BCUT2D eigenvalue weighted by Gasteiger charge is 2.33. The zero-order valence-corrected chi connectivity index (χ0v) is 23.1. The van der Waals surface area contributed by atoms with E-state index in [9.17, 15) is 0 Å². The molecule has 0 atom stereocenters. The Bertz CT molecular complexity index is 1320. The van der Waals surface area contributed by atoms with Crippen LogP contribution in [0.1, 0.15) is 26.3 Å². The van der Waals surface area contributed by atoms with E-state index >= 15 is 0 Å². The van der Waals surface area contributed by atoms with Crippen LogP contribution in [-0.4, -0.2) is 29.6 Å². The van der Waals surface area contributed by atoms with E-state index in [0.29, 0.717) is 23.9 Å². The van der Waals surface area contributed by atoms with Gasteiger partial charge in [-0.3, -0.25) is 0 Å². The van der Waals surface area contributed by atoms with Gasteiger partial charge in [0.25, 0.3) is 8.32 Å². The summed E-state index contributed by atoms with van der Waals surface area (Å²) >= 11 is 0. The van der Waals surface area contributed by atoms with Gasteiger partial charge in [-0.2, -0.15) is 0 Å². The molecule has 0 saturated carbocycles. The predicted octanol–water partition coefficient (Wildman–Crippen LogP) is 7.98. The first-order valence-corrected chi connectivity index (χ1v) is 15.1. The molecule has 0 radical (unpaired) electrons. The zero-order valence-electron chi connectivity index (χ0n) is 22.1. The molecule has 4 rings (SSSR count). The predicted molar refractivity (Wildman–Crippen MR) is 150 cm³/mol. The van der Waals surface area contributed by atoms with Gasteiger partial charge in [-0.1, -0.05) is 63.2 Å². The van der Waals surface area contributed by atoms with E-state index in [2.05, 4.69) is 39.0 Å². The molecule has 0 aliphatic heterocycles. The molecule has 0 heterocycles. The van der Waals surface area contributed by atoms with Crippen molar-refractivity contribution in [2.45, 2.75) is 45.5 Å². The molecule has 190 valence electrons. The number of benzene rings is 4. The van der Waals surface area contributed by atoms with Crippen molar-refractivity contribution >= 4 is 29.9 Å². The van der Waals surface area contributed by atoms with Crippen molar-refractivity contribution in [3.05, 3.63) is 66.2 Å². The minimum absolute atomic E-state index is 0.417. The summed E-state index contributed by atoms with van der Waals surface area (Å²) in [6, 6.07) is 23.5. The van der Waals surface area contributed by atoms with Gasteiger partial charge in [-0.15, -0.1) is 0 Å². The first-order chi connectivity index (χ1) is 17.5. The van der Waals surface area contributed by atoms with Gasteiger partial charge in [0.05, 0.1) is 21.3 Å². The molecule has 0 aliphatic rings. The average molecular weight is 505 g/mol. The lowest BCUT2D eigenvalue weighted by molar-refractivity contribution is 0.277. The molecular weight excluding hydrogens is 468 g/mol. The van der Waals surface area contributed by atoms with E-state index in [-0.39, 0.29) is 0 Å². The van der Waals surface area contributed by atoms with Gasteiger partial charge in [0.1, 0.15) is 6.61 Å². The molecule has 6 heteroatoms. The molecule has 0 saturated heterocycles. The van der Waals surface area contributed by atoms with Crippen molar-refractivity contribution < 1.29 is 23.4 Å². The summed E-state index contributed by atoms with van der Waals surface area (Å²) in [7, 11) is 3.01. The molecule has 0 bridgehead atoms. The normalized spacial score (nSPS) is 11.5. The first-order valence-electron chi connectivity index (χ1n) is 12.6. The molecule has 4 aromatic rings. The fourth-order valence-corrected chi connectivity index (χ4v) is 7.42. The molecule has 0 unspecified atom stereocenters. The lowest BCUT2D eigenvalue weighted by atomic mass is 9.99. The van der Waals surface area contributed by atoms with Crippen molar-refractivity contribution in [1.29, 1.82) is 0 Å². The van der Waals surface area contributed by atoms with Crippen LogP contribution in [0.5, 0.6) is 28.7 Å². The highest BCUT2D eigenvalue weighted by molar-refractivity contribution is 6.74. The maximum atomic E-state index is 6.99. The Hall–Kier alpha value is -3.38. The summed E-state index contributed by atoms with van der Waals surface area (Å²) in [6.45, 7) is 7.12.